The van der Waals surface area contributed by atoms with Gasteiger partial charge in [-0.25, -0.2) is 4.79 Å². The number of ether oxygens (including phenoxy) is 3. The van der Waals surface area contributed by atoms with Crippen LogP contribution in [0.25, 0.3) is 0 Å². The van der Waals surface area contributed by atoms with Crippen LogP contribution in [0.5, 0.6) is 0 Å². The van der Waals surface area contributed by atoms with Crippen molar-refractivity contribution in [3.05, 3.63) is 109 Å². The monoisotopic (exact) mass is 894 g/mol. The Hall–Kier alpha value is -3.84. The van der Waals surface area contributed by atoms with Crippen LogP contribution in [0.4, 0.5) is 0 Å². The molecule has 1 fully saturated rings. The predicted molar refractivity (Wildman–Crippen MR) is 259 cm³/mol. The minimum atomic E-state index is -0.921. The van der Waals surface area contributed by atoms with E-state index in [0.717, 1.165) is 50.5 Å². The van der Waals surface area contributed by atoms with E-state index >= 15 is 0 Å². The summed E-state index contributed by atoms with van der Waals surface area (Å²) in [5.41, 5.74) is 0.390. The van der Waals surface area contributed by atoms with Crippen LogP contribution in [0.3, 0.4) is 0 Å². The van der Waals surface area contributed by atoms with Crippen molar-refractivity contribution in [2.24, 2.45) is 0 Å². The Morgan fingerprint density at radius 1 is 0.758 bits per heavy atom. The molecule has 0 aromatic heterocycles. The molecular formula is C50H75N3O7S2. The third-order valence-corrected chi connectivity index (χ3v) is 12.6. The fourth-order valence-corrected chi connectivity index (χ4v) is 8.71. The number of rotatable bonds is 28. The molecular weight excluding hydrogens is 819 g/mol. The number of carbonyl (C=O) groups excluding carboxylic acids is 4. The molecule has 2 rings (SSSR count). The second kappa shape index (κ2) is 30.3. The number of amides is 3. The summed E-state index contributed by atoms with van der Waals surface area (Å²) in [7, 11) is 2.70. The Balaban J connectivity index is 1.91. The summed E-state index contributed by atoms with van der Waals surface area (Å²) < 4.78 is 16.4. The highest BCUT2D eigenvalue weighted by Crippen LogP contribution is 2.39. The maximum Gasteiger partial charge on any atom is 0.330 e. The molecule has 1 saturated heterocycles. The summed E-state index contributed by atoms with van der Waals surface area (Å²) >= 11 is 0. The van der Waals surface area contributed by atoms with Crippen LogP contribution in [0, 0.1) is 0 Å². The third kappa shape index (κ3) is 25.9. The average Bonchev–Trinajstić information content (AvgIpc) is 3.20. The Bertz CT molecular complexity index is 1650. The summed E-state index contributed by atoms with van der Waals surface area (Å²) in [6.07, 6.45) is 33.7. The van der Waals surface area contributed by atoms with E-state index in [4.69, 9.17) is 14.2 Å². The van der Waals surface area contributed by atoms with E-state index in [1.165, 1.54) is 21.6 Å². The van der Waals surface area contributed by atoms with Gasteiger partial charge in [-0.1, -0.05) is 132 Å². The van der Waals surface area contributed by atoms with Gasteiger partial charge in [-0.15, -0.1) is 0 Å². The van der Waals surface area contributed by atoms with Crippen LogP contribution in [0.1, 0.15) is 125 Å². The van der Waals surface area contributed by atoms with Gasteiger partial charge in [-0.3, -0.25) is 14.4 Å². The van der Waals surface area contributed by atoms with Crippen molar-refractivity contribution in [2.75, 3.05) is 19.0 Å². The zero-order valence-electron chi connectivity index (χ0n) is 38.6. The molecule has 12 heteroatoms. The maximum atomic E-state index is 13.9. The Morgan fingerprint density at radius 2 is 1.27 bits per heavy atom. The van der Waals surface area contributed by atoms with Crippen LogP contribution in [0.2, 0.25) is 0 Å². The fraction of sp³-hybridized carbons (Fsp3) is 0.560. The first-order valence-corrected chi connectivity index (χ1v) is 24.5. The number of aryl methyl sites for hydroxylation is 1. The largest absolute Gasteiger partial charge is 0.458 e. The summed E-state index contributed by atoms with van der Waals surface area (Å²) in [4.78, 5) is 53.5. The summed E-state index contributed by atoms with van der Waals surface area (Å²) in [6, 6.07) is 7.73. The van der Waals surface area contributed by atoms with E-state index in [1.807, 2.05) is 70.2 Å². The zero-order chi connectivity index (χ0) is 45.7. The van der Waals surface area contributed by atoms with Crippen molar-refractivity contribution in [3.63, 3.8) is 0 Å². The number of allylic oxidation sites excluding steroid dienone is 12. The number of benzene rings is 1. The summed E-state index contributed by atoms with van der Waals surface area (Å²) in [5.74, 6) is -1.94. The minimum Gasteiger partial charge on any atom is -0.458 e. The van der Waals surface area contributed by atoms with Crippen molar-refractivity contribution in [3.8, 4) is 0 Å². The SMILES string of the molecule is CC/C=C\C/C=C\C/C=C\C/C=C\C/C=C\C/C=C\CCC(=O)NC(CSSC(C)(C)C(NC(=O)CCCc1ccccc1)C(=O)NC1COC(C)(C)OC1)C(=O)OC(C)(C)C. The van der Waals surface area contributed by atoms with Gasteiger partial charge in [0.2, 0.25) is 17.7 Å². The molecule has 2 unspecified atom stereocenters. The molecule has 1 aliphatic heterocycles. The van der Waals surface area contributed by atoms with Crippen molar-refractivity contribution in [1.82, 2.24) is 16.0 Å². The number of carbonyl (C=O) groups is 4. The molecule has 3 amide bonds. The van der Waals surface area contributed by atoms with Gasteiger partial charge in [0.1, 0.15) is 17.7 Å². The second-order valence-corrected chi connectivity index (χ2v) is 20.1. The molecule has 1 heterocycles. The first-order valence-electron chi connectivity index (χ1n) is 22.2. The summed E-state index contributed by atoms with van der Waals surface area (Å²) in [6.45, 7) is 15.4. The lowest BCUT2D eigenvalue weighted by Crippen LogP contribution is -2.60. The molecule has 3 N–H and O–H groups in total. The molecule has 10 nitrogen and oxygen atoms in total. The van der Waals surface area contributed by atoms with Gasteiger partial charge in [0.25, 0.3) is 0 Å². The summed E-state index contributed by atoms with van der Waals surface area (Å²) in [5, 5.41) is 8.87. The lowest BCUT2D eigenvalue weighted by atomic mass is 10.0. The smallest absolute Gasteiger partial charge is 0.330 e. The highest BCUT2D eigenvalue weighted by molar-refractivity contribution is 8.77. The standard InChI is InChI=1S/C50H75N3O7S2/c1-9-10-11-12-13-14-15-16-17-18-19-20-21-22-23-24-25-26-30-35-43(54)52-42(47(57)60-48(2,3)4)39-61-62-49(5,6)45(46(56)51-41-37-58-50(7,8)59-38-41)53-44(55)36-31-34-40-32-28-27-29-33-40/h10-11,13-14,16-17,19-20,22-23,25-29,32-33,41-42,45H,9,12,15,18,21,24,30-31,34-39H2,1-8H3,(H,51,56)(H,52,54)(H,53,55)/b11-10-,14-13-,17-16-,20-19-,23-22-,26-25-. The Labute approximate surface area is 381 Å². The molecule has 0 aliphatic carbocycles. The van der Waals surface area contributed by atoms with Crippen LogP contribution >= 0.6 is 21.6 Å². The Kier molecular flexibility index (Phi) is 26.5. The minimum absolute atomic E-state index is 0.188. The van der Waals surface area contributed by atoms with Crippen molar-refractivity contribution < 1.29 is 33.4 Å². The molecule has 0 spiro atoms. The number of esters is 1. The topological polar surface area (TPSA) is 132 Å². The number of nitrogens with one attached hydrogen (secondary N) is 3. The number of hydrogen-bond donors (Lipinski definition) is 3. The van der Waals surface area contributed by atoms with Crippen LogP contribution in [-0.2, 0) is 39.8 Å². The van der Waals surface area contributed by atoms with E-state index in [-0.39, 0.29) is 55.6 Å². The van der Waals surface area contributed by atoms with Crippen LogP contribution in [-0.4, -0.2) is 76.9 Å². The Morgan fingerprint density at radius 3 is 1.81 bits per heavy atom. The molecule has 0 radical (unpaired) electrons. The lowest BCUT2D eigenvalue weighted by molar-refractivity contribution is -0.252. The van der Waals surface area contributed by atoms with E-state index < -0.39 is 34.2 Å². The van der Waals surface area contributed by atoms with Gasteiger partial charge in [-0.2, -0.15) is 0 Å². The molecule has 62 heavy (non-hydrogen) atoms. The quantitative estimate of drug-likeness (QED) is 0.0427. The molecule has 1 aliphatic rings. The first-order chi connectivity index (χ1) is 29.5. The molecule has 0 bridgehead atoms. The number of hydrogen-bond acceptors (Lipinski definition) is 9. The van der Waals surface area contributed by atoms with Gasteiger partial charge in [0.05, 0.1) is 19.3 Å². The van der Waals surface area contributed by atoms with Crippen molar-refractivity contribution in [1.29, 1.82) is 0 Å². The van der Waals surface area contributed by atoms with Crippen molar-refractivity contribution >= 4 is 45.3 Å². The van der Waals surface area contributed by atoms with Crippen LogP contribution in [0.15, 0.2) is 103 Å². The first kappa shape index (κ1) is 54.3. The second-order valence-electron chi connectivity index (χ2n) is 17.1. The fourth-order valence-electron chi connectivity index (χ4n) is 5.91. The van der Waals surface area contributed by atoms with Gasteiger partial charge in [0, 0.05) is 23.3 Å². The normalized spacial score (nSPS) is 16.2. The predicted octanol–water partition coefficient (Wildman–Crippen LogP) is 10.2. The molecule has 0 saturated carbocycles. The van der Waals surface area contributed by atoms with E-state index in [2.05, 4.69) is 83.6 Å². The van der Waals surface area contributed by atoms with E-state index in [0.29, 0.717) is 12.8 Å². The average molecular weight is 894 g/mol. The highest BCUT2D eigenvalue weighted by Gasteiger charge is 2.40. The lowest BCUT2D eigenvalue weighted by Gasteiger charge is -2.37. The van der Waals surface area contributed by atoms with Gasteiger partial charge in [-0.05, 0) is 112 Å². The van der Waals surface area contributed by atoms with Gasteiger partial charge >= 0.3 is 5.97 Å². The zero-order valence-corrected chi connectivity index (χ0v) is 40.3. The van der Waals surface area contributed by atoms with E-state index in [1.54, 1.807) is 20.8 Å². The van der Waals surface area contributed by atoms with Crippen molar-refractivity contribution in [2.45, 2.75) is 160 Å². The molecule has 1 aromatic rings. The van der Waals surface area contributed by atoms with E-state index in [9.17, 15) is 19.2 Å². The highest BCUT2D eigenvalue weighted by atomic mass is 33.1. The molecule has 344 valence electrons. The molecule has 1 aromatic carbocycles. The maximum absolute atomic E-state index is 13.9. The third-order valence-electron chi connectivity index (χ3n) is 9.25. The molecule has 2 atom stereocenters. The van der Waals surface area contributed by atoms with Crippen LogP contribution < -0.4 is 16.0 Å². The van der Waals surface area contributed by atoms with Gasteiger partial charge < -0.3 is 30.2 Å². The van der Waals surface area contributed by atoms with Gasteiger partial charge in [0.15, 0.2) is 5.79 Å².